The van der Waals surface area contributed by atoms with Crippen LogP contribution in [-0.2, 0) is 4.74 Å². The van der Waals surface area contributed by atoms with E-state index in [0.29, 0.717) is 19.8 Å². The molecule has 0 heterocycles. The third kappa shape index (κ3) is 5.60. The Hall–Kier alpha value is -1.20. The van der Waals surface area contributed by atoms with Gasteiger partial charge in [0.25, 0.3) is 0 Å². The number of hydrogen-bond donors (Lipinski definition) is 2. The van der Waals surface area contributed by atoms with Gasteiger partial charge in [-0.2, -0.15) is 0 Å². The van der Waals surface area contributed by atoms with Crippen LogP contribution in [0.25, 0.3) is 0 Å². The van der Waals surface area contributed by atoms with Crippen LogP contribution in [0.1, 0.15) is 6.92 Å². The number of anilines is 1. The number of amides is 2. The molecule has 0 aliphatic carbocycles. The molecule has 5 heteroatoms. The summed E-state index contributed by atoms with van der Waals surface area (Å²) < 4.78 is 5.12. The van der Waals surface area contributed by atoms with Crippen molar-refractivity contribution in [3.05, 3.63) is 24.3 Å². The van der Waals surface area contributed by atoms with E-state index in [2.05, 4.69) is 10.6 Å². The maximum atomic E-state index is 11.4. The van der Waals surface area contributed by atoms with Crippen LogP contribution in [0.3, 0.4) is 0 Å². The van der Waals surface area contributed by atoms with Crippen LogP contribution < -0.4 is 10.6 Å². The standard InChI is InChI=1S/C12H18N2O2S/c1-3-16-9-8-13-12(15)14-10-4-6-11(17-2)7-5-10/h4-7H,3,8-9H2,1-2H3,(H2,13,14,15). The van der Waals surface area contributed by atoms with Crippen molar-refractivity contribution in [1.82, 2.24) is 5.32 Å². The van der Waals surface area contributed by atoms with Crippen molar-refractivity contribution in [3.8, 4) is 0 Å². The van der Waals surface area contributed by atoms with E-state index < -0.39 is 0 Å². The lowest BCUT2D eigenvalue weighted by molar-refractivity contribution is 0.150. The normalized spacial score (nSPS) is 10.0. The summed E-state index contributed by atoms with van der Waals surface area (Å²) in [6.07, 6.45) is 2.02. The Balaban J connectivity index is 2.29. The third-order valence-corrected chi connectivity index (χ3v) is 2.83. The van der Waals surface area contributed by atoms with Crippen LogP contribution in [0, 0.1) is 0 Å². The summed E-state index contributed by atoms with van der Waals surface area (Å²) in [6, 6.07) is 7.50. The molecule has 17 heavy (non-hydrogen) atoms. The number of benzene rings is 1. The van der Waals surface area contributed by atoms with Crippen molar-refractivity contribution in [3.63, 3.8) is 0 Å². The summed E-state index contributed by atoms with van der Waals surface area (Å²) in [4.78, 5) is 12.6. The van der Waals surface area contributed by atoms with Gasteiger partial charge in [-0.3, -0.25) is 0 Å². The molecule has 1 rings (SSSR count). The van der Waals surface area contributed by atoms with Gasteiger partial charge < -0.3 is 15.4 Å². The highest BCUT2D eigenvalue weighted by Crippen LogP contribution is 2.17. The fourth-order valence-electron chi connectivity index (χ4n) is 1.23. The molecule has 0 aliphatic heterocycles. The quantitative estimate of drug-likeness (QED) is 0.606. The number of nitrogens with one attached hydrogen (secondary N) is 2. The van der Waals surface area contributed by atoms with E-state index in [9.17, 15) is 4.79 Å². The van der Waals surface area contributed by atoms with Gasteiger partial charge in [0.2, 0.25) is 0 Å². The van der Waals surface area contributed by atoms with Crippen molar-refractivity contribution in [2.24, 2.45) is 0 Å². The van der Waals surface area contributed by atoms with Crippen LogP contribution >= 0.6 is 11.8 Å². The Bertz CT molecular complexity index is 341. The molecular weight excluding hydrogens is 236 g/mol. The number of thioether (sulfide) groups is 1. The molecule has 94 valence electrons. The summed E-state index contributed by atoms with van der Waals surface area (Å²) in [5, 5.41) is 5.47. The van der Waals surface area contributed by atoms with E-state index >= 15 is 0 Å². The van der Waals surface area contributed by atoms with Crippen molar-refractivity contribution in [2.75, 3.05) is 31.3 Å². The minimum atomic E-state index is -0.207. The zero-order valence-electron chi connectivity index (χ0n) is 10.2. The number of ether oxygens (including phenoxy) is 1. The minimum absolute atomic E-state index is 0.207. The zero-order chi connectivity index (χ0) is 12.5. The van der Waals surface area contributed by atoms with E-state index in [1.807, 2.05) is 37.4 Å². The summed E-state index contributed by atoms with van der Waals surface area (Å²) in [5.41, 5.74) is 0.789. The molecule has 0 fully saturated rings. The number of carbonyl (C=O) groups is 1. The first-order valence-corrected chi connectivity index (χ1v) is 6.75. The fraction of sp³-hybridized carbons (Fsp3) is 0.417. The minimum Gasteiger partial charge on any atom is -0.380 e. The Morgan fingerprint density at radius 3 is 2.65 bits per heavy atom. The molecule has 0 spiro atoms. The molecule has 0 radical (unpaired) electrons. The lowest BCUT2D eigenvalue weighted by atomic mass is 10.3. The van der Waals surface area contributed by atoms with Gasteiger partial charge in [0, 0.05) is 23.7 Å². The lowest BCUT2D eigenvalue weighted by Gasteiger charge is -2.07. The molecule has 0 saturated carbocycles. The van der Waals surface area contributed by atoms with Gasteiger partial charge in [-0.15, -0.1) is 11.8 Å². The van der Waals surface area contributed by atoms with E-state index in [1.165, 1.54) is 4.90 Å². The molecule has 0 atom stereocenters. The number of carbonyl (C=O) groups excluding carboxylic acids is 1. The maximum absolute atomic E-state index is 11.4. The molecule has 2 amide bonds. The van der Waals surface area contributed by atoms with E-state index in [-0.39, 0.29) is 6.03 Å². The topological polar surface area (TPSA) is 50.4 Å². The van der Waals surface area contributed by atoms with Crippen molar-refractivity contribution in [1.29, 1.82) is 0 Å². The first-order chi connectivity index (χ1) is 8.26. The highest BCUT2D eigenvalue weighted by molar-refractivity contribution is 7.98. The summed E-state index contributed by atoms with van der Waals surface area (Å²) in [6.45, 7) is 3.64. The van der Waals surface area contributed by atoms with E-state index in [0.717, 1.165) is 5.69 Å². The second kappa shape index (κ2) is 7.97. The summed E-state index contributed by atoms with van der Waals surface area (Å²) in [7, 11) is 0. The largest absolute Gasteiger partial charge is 0.380 e. The van der Waals surface area contributed by atoms with Gasteiger partial charge in [0.15, 0.2) is 0 Å². The van der Waals surface area contributed by atoms with Crippen LogP contribution in [-0.4, -0.2) is 32.0 Å². The van der Waals surface area contributed by atoms with E-state index in [4.69, 9.17) is 4.74 Å². The smallest absolute Gasteiger partial charge is 0.319 e. The highest BCUT2D eigenvalue weighted by Gasteiger charge is 2.00. The molecule has 1 aromatic carbocycles. The maximum Gasteiger partial charge on any atom is 0.319 e. The predicted molar refractivity (Wildman–Crippen MR) is 71.7 cm³/mol. The average molecular weight is 254 g/mol. The Morgan fingerprint density at radius 2 is 2.06 bits per heavy atom. The van der Waals surface area contributed by atoms with Crippen molar-refractivity contribution < 1.29 is 9.53 Å². The molecule has 0 aromatic heterocycles. The second-order valence-corrected chi connectivity index (χ2v) is 4.19. The van der Waals surface area contributed by atoms with Crippen molar-refractivity contribution in [2.45, 2.75) is 11.8 Å². The average Bonchev–Trinajstić information content (AvgIpc) is 2.36. The highest BCUT2D eigenvalue weighted by atomic mass is 32.2. The summed E-state index contributed by atoms with van der Waals surface area (Å²) in [5.74, 6) is 0. The molecule has 0 aliphatic rings. The van der Waals surface area contributed by atoms with Gasteiger partial charge >= 0.3 is 6.03 Å². The van der Waals surface area contributed by atoms with Gasteiger partial charge in [0.05, 0.1) is 6.61 Å². The van der Waals surface area contributed by atoms with Crippen LogP contribution in [0.2, 0.25) is 0 Å². The van der Waals surface area contributed by atoms with Gasteiger partial charge in [0.1, 0.15) is 0 Å². The fourth-order valence-corrected chi connectivity index (χ4v) is 1.64. The zero-order valence-corrected chi connectivity index (χ0v) is 11.0. The van der Waals surface area contributed by atoms with Crippen LogP contribution in [0.5, 0.6) is 0 Å². The first-order valence-electron chi connectivity index (χ1n) is 5.53. The monoisotopic (exact) mass is 254 g/mol. The number of hydrogen-bond acceptors (Lipinski definition) is 3. The molecule has 0 saturated heterocycles. The van der Waals surface area contributed by atoms with Gasteiger partial charge in [-0.05, 0) is 37.4 Å². The van der Waals surface area contributed by atoms with Gasteiger partial charge in [-0.25, -0.2) is 4.79 Å². The Labute approximate surface area is 106 Å². The molecule has 0 bridgehead atoms. The van der Waals surface area contributed by atoms with Crippen molar-refractivity contribution >= 4 is 23.5 Å². The predicted octanol–water partition coefficient (Wildman–Crippen LogP) is 2.57. The van der Waals surface area contributed by atoms with Gasteiger partial charge in [-0.1, -0.05) is 0 Å². The SMILES string of the molecule is CCOCCNC(=O)Nc1ccc(SC)cc1. The molecule has 4 nitrogen and oxygen atoms in total. The number of rotatable bonds is 6. The Kier molecular flexibility index (Phi) is 6.50. The number of urea groups is 1. The second-order valence-electron chi connectivity index (χ2n) is 3.31. The van der Waals surface area contributed by atoms with E-state index in [1.54, 1.807) is 11.8 Å². The molecule has 2 N–H and O–H groups in total. The molecule has 1 aromatic rings. The van der Waals surface area contributed by atoms with Crippen LogP contribution in [0.4, 0.5) is 10.5 Å². The molecular formula is C12H18N2O2S. The Morgan fingerprint density at radius 1 is 1.35 bits per heavy atom. The van der Waals surface area contributed by atoms with Crippen LogP contribution in [0.15, 0.2) is 29.2 Å². The molecule has 0 unspecified atom stereocenters. The first kappa shape index (κ1) is 13.9. The third-order valence-electron chi connectivity index (χ3n) is 2.08. The summed E-state index contributed by atoms with van der Waals surface area (Å²) >= 11 is 1.67. The lowest BCUT2D eigenvalue weighted by Crippen LogP contribution is -2.31.